The van der Waals surface area contributed by atoms with Crippen LogP contribution in [0.5, 0.6) is 11.5 Å². The van der Waals surface area contributed by atoms with E-state index in [1.54, 1.807) is 13.1 Å². The predicted octanol–water partition coefficient (Wildman–Crippen LogP) is 5.25. The molecule has 0 N–H and O–H groups in total. The van der Waals surface area contributed by atoms with Gasteiger partial charge in [-0.25, -0.2) is 0 Å². The van der Waals surface area contributed by atoms with E-state index < -0.39 is 170 Å². The van der Waals surface area contributed by atoms with Crippen molar-refractivity contribution in [1.29, 1.82) is 0 Å². The summed E-state index contributed by atoms with van der Waals surface area (Å²) in [6, 6.07) is 28.1. The van der Waals surface area contributed by atoms with Gasteiger partial charge in [0.15, 0.2) is 0 Å². The third kappa shape index (κ3) is 13.8. The zero-order valence-corrected chi connectivity index (χ0v) is 54.2. The van der Waals surface area contributed by atoms with E-state index in [-0.39, 0.29) is 21.7 Å². The van der Waals surface area contributed by atoms with Crippen LogP contribution in [0, 0.1) is 0 Å². The first-order chi connectivity index (χ1) is 42.0. The number of nitrogens with zero attached hydrogens (tertiary/aromatic N) is 1. The molecular formula is C45H33F18NO19S6Si4. The van der Waals surface area contributed by atoms with Crippen LogP contribution in [0.15, 0.2) is 146 Å². The van der Waals surface area contributed by atoms with Crippen molar-refractivity contribution in [2.75, 3.05) is 11.9 Å². The number of halogens is 18. The van der Waals surface area contributed by atoms with Gasteiger partial charge in [-0.1, -0.05) is 145 Å². The first-order valence-electron chi connectivity index (χ1n) is 24.1. The van der Waals surface area contributed by atoms with Gasteiger partial charge in [0.2, 0.25) is 0 Å². The van der Waals surface area contributed by atoms with Gasteiger partial charge in [0, 0.05) is 39.2 Å². The second-order valence-electron chi connectivity index (χ2n) is 19.2. The zero-order valence-electron chi connectivity index (χ0n) is 45.3. The Kier molecular flexibility index (Phi) is 19.4. The number of hydrogen-bond acceptors (Lipinski definition) is 20. The summed E-state index contributed by atoms with van der Waals surface area (Å²) in [6.45, 7) is 3.44. The average Bonchev–Trinajstić information content (AvgIpc) is 0.716. The standard InChI is InChI=1S/C16H14F6O6S2Si2.C15H11F6NO6S2Si.C14H8F6O7S2Si/c1-31(2)11-7-3-5-9-13(11)32(14-10-6-4-8-12(14)31,27-29(23,24)15(17,18)19)28-30(25,26)16(20,21)22;1-22-10-6-2-4-8-12(10)31(13-9-5-3-7-11(13)22,27-29(23,24)14(16,17)18)28-30(25,26)15(19,20)21;15-13(16,17)28(21,22)26-30(27-29(23,24)14(18,19)20)11-7-3-1-5-9(11)25-10-6-2-4-8-12(10)30/h3-10H,1-2H3;2-9H,1H3;1-8H. The van der Waals surface area contributed by atoms with Crippen LogP contribution in [-0.4, -0.2) is 124 Å². The van der Waals surface area contributed by atoms with Crippen LogP contribution in [0.4, 0.5) is 90.4 Å². The molecule has 0 bridgehead atoms. The van der Waals surface area contributed by atoms with E-state index in [1.807, 2.05) is 0 Å². The number of ether oxygens (including phenoxy) is 1. The van der Waals surface area contributed by atoms with E-state index in [0.29, 0.717) is 0 Å². The van der Waals surface area contributed by atoms with Gasteiger partial charge in [0.1, 0.15) is 19.6 Å². The molecule has 20 nitrogen and oxygen atoms in total. The van der Waals surface area contributed by atoms with Crippen LogP contribution in [0.3, 0.4) is 0 Å². The molecule has 510 valence electrons. The first kappa shape index (κ1) is 74.4. The summed E-state index contributed by atoms with van der Waals surface area (Å²) in [6.07, 6.45) is 0. The van der Waals surface area contributed by atoms with Crippen molar-refractivity contribution in [3.63, 3.8) is 0 Å². The molecule has 0 aliphatic carbocycles. The number of para-hydroxylation sites is 4. The Labute approximate surface area is 517 Å². The maximum Gasteiger partial charge on any atom is 0.522 e. The van der Waals surface area contributed by atoms with Gasteiger partial charge in [-0.2, -0.15) is 130 Å². The van der Waals surface area contributed by atoms with E-state index in [1.165, 1.54) is 84.7 Å². The number of rotatable bonds is 12. The summed E-state index contributed by atoms with van der Waals surface area (Å²) in [7, 11) is -58.2. The fourth-order valence-electron chi connectivity index (χ4n) is 8.99. The molecule has 0 aromatic heterocycles. The summed E-state index contributed by atoms with van der Waals surface area (Å²) in [5, 5.41) is -3.09. The molecule has 3 aliphatic heterocycles. The lowest BCUT2D eigenvalue weighted by Crippen LogP contribution is -2.82. The van der Waals surface area contributed by atoms with Gasteiger partial charge in [-0.3, -0.25) is 23.2 Å². The van der Waals surface area contributed by atoms with E-state index in [9.17, 15) is 130 Å². The van der Waals surface area contributed by atoms with Gasteiger partial charge in [-0.15, -0.1) is 0 Å². The molecule has 0 spiro atoms. The molecule has 0 saturated carbocycles. The van der Waals surface area contributed by atoms with E-state index in [2.05, 4.69) is 23.2 Å². The smallest absolute Gasteiger partial charge is 0.457 e. The minimum Gasteiger partial charge on any atom is -0.457 e. The number of alkyl halides is 18. The number of benzene rings is 6. The lowest BCUT2D eigenvalue weighted by molar-refractivity contribution is -0.0535. The summed E-state index contributed by atoms with van der Waals surface area (Å²) in [5.74, 6) is -0.866. The highest BCUT2D eigenvalue weighted by molar-refractivity contribution is 7.92. The number of hydrogen-bond donors (Lipinski definition) is 0. The molecular weight excluding hydrogens is 1510 g/mol. The normalized spacial score (nSPS) is 17.0. The van der Waals surface area contributed by atoms with Gasteiger partial charge in [0.25, 0.3) is 0 Å². The Morgan fingerprint density at radius 3 is 0.720 bits per heavy atom. The predicted molar refractivity (Wildman–Crippen MR) is 295 cm³/mol. The third-order valence-electron chi connectivity index (χ3n) is 12.9. The highest BCUT2D eigenvalue weighted by Gasteiger charge is 2.68. The van der Waals surface area contributed by atoms with Crippen molar-refractivity contribution < 1.29 is 158 Å². The Hall–Kier alpha value is -6.01. The van der Waals surface area contributed by atoms with Crippen LogP contribution in [0.2, 0.25) is 13.1 Å². The molecule has 0 saturated heterocycles. The second-order valence-corrected chi connectivity index (χ2v) is 42.6. The van der Waals surface area contributed by atoms with Gasteiger partial charge in [-0.05, 0) is 34.6 Å². The molecule has 93 heavy (non-hydrogen) atoms. The molecule has 9 rings (SSSR count). The van der Waals surface area contributed by atoms with Crippen LogP contribution in [0.25, 0.3) is 0 Å². The third-order valence-corrected chi connectivity index (χ3v) is 38.1. The average molecular weight is 1540 g/mol. The van der Waals surface area contributed by atoms with Crippen molar-refractivity contribution in [2.45, 2.75) is 46.1 Å². The summed E-state index contributed by atoms with van der Waals surface area (Å²) in [4.78, 5) is 1.32. The molecule has 3 aliphatic rings. The van der Waals surface area contributed by atoms with Gasteiger partial charge >= 0.3 is 119 Å². The lowest BCUT2D eigenvalue weighted by atomic mass is 10.2. The van der Waals surface area contributed by atoms with E-state index in [0.717, 1.165) is 72.8 Å². The quantitative estimate of drug-likeness (QED) is 0.0860. The maximum atomic E-state index is 13.2. The Morgan fingerprint density at radius 1 is 0.290 bits per heavy atom. The minimum absolute atomic E-state index is 0.0948. The molecule has 6 aromatic rings. The second kappa shape index (κ2) is 24.3. The summed E-state index contributed by atoms with van der Waals surface area (Å²) in [5.41, 5.74) is -36.6. The van der Waals surface area contributed by atoms with Crippen molar-refractivity contribution in [3.05, 3.63) is 146 Å². The molecule has 0 unspecified atom stereocenters. The molecule has 3 heterocycles. The Bertz CT molecular complexity index is 4330. The fourth-order valence-corrected chi connectivity index (χ4v) is 35.5. The Morgan fingerprint density at radius 2 is 0.473 bits per heavy atom. The largest absolute Gasteiger partial charge is 0.522 e. The summed E-state index contributed by atoms with van der Waals surface area (Å²) < 4.78 is 410. The van der Waals surface area contributed by atoms with Crippen LogP contribution in [0.1, 0.15) is 0 Å². The molecule has 48 heteroatoms. The van der Waals surface area contributed by atoms with E-state index in [4.69, 9.17) is 4.74 Å². The molecule has 0 radical (unpaired) electrons. The maximum absolute atomic E-state index is 13.2. The summed E-state index contributed by atoms with van der Waals surface area (Å²) >= 11 is 0. The topological polar surface area (TPSA) is 273 Å². The van der Waals surface area contributed by atoms with Crippen molar-refractivity contribution >= 4 is 147 Å². The Balaban J connectivity index is 0.000000198. The SMILES string of the molecule is CN1c2ccccc2[Si](OS(=O)(=O)C(F)(F)F)(OS(=O)(=O)C(F)(F)F)c2ccccc21.C[Si]1(C)c2ccccc2[Si](OS(=O)(=O)C(F)(F)F)(OS(=O)(=O)C(F)(F)F)c2ccccc21.O=S(=O)(O[Si]1(OS(=O)(=O)C(F)(F)F)c2ccccc2Oc2ccccc21)C(F)(F)F. The highest BCUT2D eigenvalue weighted by Crippen LogP contribution is 2.41. The molecule has 0 fully saturated rings. The molecule has 0 amide bonds. The minimum atomic E-state index is -6.61. The fraction of sp³-hybridized carbons (Fsp3) is 0.200. The lowest BCUT2D eigenvalue weighted by Gasteiger charge is -2.42. The van der Waals surface area contributed by atoms with Crippen molar-refractivity contribution in [2.24, 2.45) is 0 Å². The number of fused-ring (bicyclic) bond motifs is 6. The van der Waals surface area contributed by atoms with Crippen LogP contribution >= 0.6 is 0 Å². The van der Waals surface area contributed by atoms with E-state index >= 15 is 0 Å². The van der Waals surface area contributed by atoms with Crippen molar-refractivity contribution in [1.82, 2.24) is 0 Å². The van der Waals surface area contributed by atoms with Crippen molar-refractivity contribution in [3.8, 4) is 11.5 Å². The monoisotopic (exact) mass is 1540 g/mol. The molecule has 6 aromatic carbocycles. The first-order valence-corrected chi connectivity index (χ1v) is 41.0. The molecule has 0 atom stereocenters. The van der Waals surface area contributed by atoms with Crippen LogP contribution in [-0.2, 0) is 83.9 Å². The van der Waals surface area contributed by atoms with Gasteiger partial charge < -0.3 is 9.64 Å². The highest BCUT2D eigenvalue weighted by atomic mass is 32.2. The van der Waals surface area contributed by atoms with Gasteiger partial charge in [0.05, 0.1) is 0 Å². The number of anilines is 2. The zero-order chi connectivity index (χ0) is 70.4. The van der Waals surface area contributed by atoms with Crippen LogP contribution < -0.4 is 51.1 Å².